The Balaban J connectivity index is 2.20. The number of hydrogen-bond donors (Lipinski definition) is 1. The molecule has 3 heteroatoms. The Kier molecular flexibility index (Phi) is 6.56. The van der Waals surface area contributed by atoms with E-state index in [9.17, 15) is 4.79 Å². The Morgan fingerprint density at radius 3 is 2.71 bits per heavy atom. The SMILES string of the molecule is CCNC(CC)CCCN1CC(CC)CC1=O. The van der Waals surface area contributed by atoms with E-state index in [-0.39, 0.29) is 0 Å². The van der Waals surface area contributed by atoms with Gasteiger partial charge in [0, 0.05) is 25.6 Å². The average Bonchev–Trinajstić information content (AvgIpc) is 2.69. The van der Waals surface area contributed by atoms with Crippen LogP contribution in [0.25, 0.3) is 0 Å². The van der Waals surface area contributed by atoms with Gasteiger partial charge in [-0.3, -0.25) is 4.79 Å². The maximum absolute atomic E-state index is 11.7. The molecular weight excluding hydrogens is 212 g/mol. The highest BCUT2D eigenvalue weighted by molar-refractivity contribution is 5.78. The van der Waals surface area contributed by atoms with Gasteiger partial charge in [-0.25, -0.2) is 0 Å². The van der Waals surface area contributed by atoms with Crippen molar-refractivity contribution in [3.63, 3.8) is 0 Å². The summed E-state index contributed by atoms with van der Waals surface area (Å²) >= 11 is 0. The zero-order chi connectivity index (χ0) is 12.7. The maximum atomic E-state index is 11.7. The topological polar surface area (TPSA) is 32.3 Å². The first-order valence-electron chi connectivity index (χ1n) is 7.22. The lowest BCUT2D eigenvalue weighted by molar-refractivity contribution is -0.127. The Morgan fingerprint density at radius 1 is 1.41 bits per heavy atom. The fraction of sp³-hybridized carbons (Fsp3) is 0.929. The molecule has 0 aliphatic carbocycles. The zero-order valence-corrected chi connectivity index (χ0v) is 11.7. The van der Waals surface area contributed by atoms with Crippen LogP contribution < -0.4 is 5.32 Å². The fourth-order valence-electron chi connectivity index (χ4n) is 2.61. The molecule has 0 aromatic heterocycles. The van der Waals surface area contributed by atoms with Crippen LogP contribution in [-0.2, 0) is 4.79 Å². The van der Waals surface area contributed by atoms with Crippen molar-refractivity contribution in [2.45, 2.75) is 58.9 Å². The standard InChI is InChI=1S/C14H28N2O/c1-4-12-10-14(17)16(11-12)9-7-8-13(5-2)15-6-3/h12-13,15H,4-11H2,1-3H3. The summed E-state index contributed by atoms with van der Waals surface area (Å²) in [6, 6.07) is 0.625. The minimum Gasteiger partial charge on any atom is -0.342 e. The molecule has 0 aromatic rings. The van der Waals surface area contributed by atoms with Crippen LogP contribution in [-0.4, -0.2) is 36.5 Å². The Morgan fingerprint density at radius 2 is 2.18 bits per heavy atom. The second-order valence-electron chi connectivity index (χ2n) is 5.12. The summed E-state index contributed by atoms with van der Waals surface area (Å²) in [4.78, 5) is 13.8. The van der Waals surface area contributed by atoms with E-state index in [1.54, 1.807) is 0 Å². The lowest BCUT2D eigenvalue weighted by Crippen LogP contribution is -2.31. The maximum Gasteiger partial charge on any atom is 0.222 e. The first-order valence-corrected chi connectivity index (χ1v) is 7.22. The molecule has 0 radical (unpaired) electrons. The van der Waals surface area contributed by atoms with Crippen molar-refractivity contribution < 1.29 is 4.79 Å². The van der Waals surface area contributed by atoms with E-state index in [2.05, 4.69) is 31.0 Å². The van der Waals surface area contributed by atoms with Crippen molar-refractivity contribution in [1.29, 1.82) is 0 Å². The summed E-state index contributed by atoms with van der Waals surface area (Å²) in [6.45, 7) is 9.54. The predicted molar refractivity (Wildman–Crippen MR) is 72.0 cm³/mol. The smallest absolute Gasteiger partial charge is 0.222 e. The molecule has 1 aliphatic heterocycles. The minimum atomic E-state index is 0.369. The number of amides is 1. The van der Waals surface area contributed by atoms with E-state index >= 15 is 0 Å². The minimum absolute atomic E-state index is 0.369. The van der Waals surface area contributed by atoms with Gasteiger partial charge in [0.25, 0.3) is 0 Å². The van der Waals surface area contributed by atoms with Crippen LogP contribution in [0.3, 0.4) is 0 Å². The molecule has 0 spiro atoms. The Bertz CT molecular complexity index is 230. The molecule has 1 N–H and O–H groups in total. The summed E-state index contributed by atoms with van der Waals surface area (Å²) < 4.78 is 0. The van der Waals surface area contributed by atoms with Crippen LogP contribution in [0, 0.1) is 5.92 Å². The molecule has 1 fully saturated rings. The number of hydrogen-bond acceptors (Lipinski definition) is 2. The molecule has 0 bridgehead atoms. The highest BCUT2D eigenvalue weighted by Crippen LogP contribution is 2.20. The van der Waals surface area contributed by atoms with Crippen LogP contribution in [0.4, 0.5) is 0 Å². The average molecular weight is 240 g/mol. The molecule has 100 valence electrons. The third-order valence-electron chi connectivity index (χ3n) is 3.84. The molecule has 2 atom stereocenters. The summed E-state index contributed by atoms with van der Waals surface area (Å²) in [6.07, 6.45) is 5.41. The van der Waals surface area contributed by atoms with Crippen molar-refractivity contribution in [2.24, 2.45) is 5.92 Å². The zero-order valence-electron chi connectivity index (χ0n) is 11.7. The fourth-order valence-corrected chi connectivity index (χ4v) is 2.61. The summed E-state index contributed by atoms with van der Waals surface area (Å²) in [7, 11) is 0. The van der Waals surface area contributed by atoms with Crippen molar-refractivity contribution in [3.05, 3.63) is 0 Å². The van der Waals surface area contributed by atoms with Crippen molar-refractivity contribution in [1.82, 2.24) is 10.2 Å². The van der Waals surface area contributed by atoms with Crippen molar-refractivity contribution in [2.75, 3.05) is 19.6 Å². The summed E-state index contributed by atoms with van der Waals surface area (Å²) in [5, 5.41) is 3.49. The normalized spacial score (nSPS) is 22.2. The number of likely N-dealkylation sites (tertiary alicyclic amines) is 1. The Labute approximate surface area is 106 Å². The molecule has 1 aliphatic rings. The lowest BCUT2D eigenvalue weighted by atomic mass is 10.1. The van der Waals surface area contributed by atoms with E-state index in [4.69, 9.17) is 0 Å². The van der Waals surface area contributed by atoms with E-state index < -0.39 is 0 Å². The first kappa shape index (κ1) is 14.5. The first-order chi connectivity index (χ1) is 8.21. The van der Waals surface area contributed by atoms with Crippen molar-refractivity contribution in [3.8, 4) is 0 Å². The molecule has 2 unspecified atom stereocenters. The quantitative estimate of drug-likeness (QED) is 0.706. The molecule has 1 saturated heterocycles. The number of nitrogens with one attached hydrogen (secondary N) is 1. The van der Waals surface area contributed by atoms with Gasteiger partial charge in [0.1, 0.15) is 0 Å². The molecule has 1 amide bonds. The van der Waals surface area contributed by atoms with Gasteiger partial charge in [-0.2, -0.15) is 0 Å². The number of carbonyl (C=O) groups excluding carboxylic acids is 1. The molecule has 17 heavy (non-hydrogen) atoms. The molecule has 0 aromatic carbocycles. The highest BCUT2D eigenvalue weighted by atomic mass is 16.2. The third-order valence-corrected chi connectivity index (χ3v) is 3.84. The largest absolute Gasteiger partial charge is 0.342 e. The lowest BCUT2D eigenvalue weighted by Gasteiger charge is -2.19. The van der Waals surface area contributed by atoms with Crippen LogP contribution in [0.2, 0.25) is 0 Å². The predicted octanol–water partition coefficient (Wildman–Crippen LogP) is 2.41. The van der Waals surface area contributed by atoms with Gasteiger partial charge in [-0.05, 0) is 31.7 Å². The van der Waals surface area contributed by atoms with Gasteiger partial charge >= 0.3 is 0 Å². The highest BCUT2D eigenvalue weighted by Gasteiger charge is 2.27. The molecule has 1 heterocycles. The monoisotopic (exact) mass is 240 g/mol. The summed E-state index contributed by atoms with van der Waals surface area (Å²) in [5.41, 5.74) is 0. The van der Waals surface area contributed by atoms with E-state index in [1.807, 2.05) is 0 Å². The van der Waals surface area contributed by atoms with Gasteiger partial charge in [0.2, 0.25) is 5.91 Å². The van der Waals surface area contributed by atoms with Gasteiger partial charge in [0.05, 0.1) is 0 Å². The third kappa shape index (κ3) is 4.66. The second kappa shape index (κ2) is 7.70. The molecule has 3 nitrogen and oxygen atoms in total. The summed E-state index contributed by atoms with van der Waals surface area (Å²) in [5.74, 6) is 0.978. The number of rotatable bonds is 8. The van der Waals surface area contributed by atoms with E-state index in [1.165, 1.54) is 12.8 Å². The second-order valence-corrected chi connectivity index (χ2v) is 5.12. The van der Waals surface area contributed by atoms with Gasteiger partial charge in [0.15, 0.2) is 0 Å². The molecular formula is C14H28N2O. The van der Waals surface area contributed by atoms with Crippen molar-refractivity contribution >= 4 is 5.91 Å². The van der Waals surface area contributed by atoms with Gasteiger partial charge in [-0.15, -0.1) is 0 Å². The van der Waals surface area contributed by atoms with Gasteiger partial charge < -0.3 is 10.2 Å². The van der Waals surface area contributed by atoms with Gasteiger partial charge in [-0.1, -0.05) is 27.2 Å². The van der Waals surface area contributed by atoms with Crippen LogP contribution in [0.1, 0.15) is 52.9 Å². The number of carbonyl (C=O) groups is 1. The molecule has 0 saturated carbocycles. The Hall–Kier alpha value is -0.570. The number of nitrogens with zero attached hydrogens (tertiary/aromatic N) is 1. The van der Waals surface area contributed by atoms with E-state index in [0.29, 0.717) is 17.9 Å². The van der Waals surface area contributed by atoms with Crippen LogP contribution in [0.15, 0.2) is 0 Å². The van der Waals surface area contributed by atoms with Crippen LogP contribution in [0.5, 0.6) is 0 Å². The molecule has 1 rings (SSSR count). The van der Waals surface area contributed by atoms with Crippen LogP contribution >= 0.6 is 0 Å². The van der Waals surface area contributed by atoms with E-state index in [0.717, 1.165) is 38.9 Å².